The van der Waals surface area contributed by atoms with E-state index < -0.39 is 5.97 Å². The second-order valence-electron chi connectivity index (χ2n) is 5.28. The number of hydrogen-bond acceptors (Lipinski definition) is 3. The molecule has 1 fully saturated rings. The first-order valence-corrected chi connectivity index (χ1v) is 7.39. The lowest BCUT2D eigenvalue weighted by Crippen LogP contribution is -2.47. The Bertz CT molecular complexity index is 240. The molecule has 4 heteroatoms. The maximum absolute atomic E-state index is 11.4. The van der Waals surface area contributed by atoms with Crippen LogP contribution in [0.3, 0.4) is 0 Å². The molecule has 2 N–H and O–H groups in total. The lowest BCUT2D eigenvalue weighted by atomic mass is 10.1. The number of nitrogens with zero attached hydrogens (tertiary/aromatic N) is 1. The molecule has 2 unspecified atom stereocenters. The molecule has 0 amide bonds. The lowest BCUT2D eigenvalue weighted by molar-refractivity contribution is -0.143. The van der Waals surface area contributed by atoms with Crippen molar-refractivity contribution in [3.05, 3.63) is 0 Å². The highest BCUT2D eigenvalue weighted by atomic mass is 16.4. The molecule has 1 saturated heterocycles. The van der Waals surface area contributed by atoms with Crippen LogP contribution in [-0.4, -0.2) is 47.7 Å². The van der Waals surface area contributed by atoms with E-state index in [1.165, 1.54) is 12.8 Å². The molecule has 1 heterocycles. The number of hydrogen-bond donors (Lipinski definition) is 2. The van der Waals surface area contributed by atoms with Crippen LogP contribution in [0.25, 0.3) is 0 Å². The molecule has 1 rings (SSSR count). The number of carboxylic acids is 1. The van der Waals surface area contributed by atoms with Crippen molar-refractivity contribution in [3.63, 3.8) is 0 Å². The van der Waals surface area contributed by atoms with Gasteiger partial charge in [-0.3, -0.25) is 9.69 Å². The fraction of sp³-hybridized carbons (Fsp3) is 0.929. The molecule has 2 atom stereocenters. The van der Waals surface area contributed by atoms with E-state index in [9.17, 15) is 9.90 Å². The van der Waals surface area contributed by atoms with E-state index in [0.717, 1.165) is 45.3 Å². The van der Waals surface area contributed by atoms with Crippen LogP contribution in [-0.2, 0) is 4.79 Å². The van der Waals surface area contributed by atoms with Crippen molar-refractivity contribution in [2.45, 2.75) is 64.5 Å². The monoisotopic (exact) mass is 256 g/mol. The molecule has 1 aliphatic rings. The Labute approximate surface area is 111 Å². The molecule has 0 radical (unpaired) electrons. The van der Waals surface area contributed by atoms with Gasteiger partial charge < -0.3 is 10.4 Å². The summed E-state index contributed by atoms with van der Waals surface area (Å²) in [6.07, 6.45) is 6.29. The van der Waals surface area contributed by atoms with E-state index in [1.54, 1.807) is 0 Å². The second kappa shape index (κ2) is 8.48. The van der Waals surface area contributed by atoms with Crippen molar-refractivity contribution in [3.8, 4) is 0 Å². The molecule has 1 aliphatic heterocycles. The summed E-state index contributed by atoms with van der Waals surface area (Å²) in [4.78, 5) is 13.6. The summed E-state index contributed by atoms with van der Waals surface area (Å²) >= 11 is 0. The summed E-state index contributed by atoms with van der Waals surface area (Å²) in [7, 11) is 0. The Hall–Kier alpha value is -0.610. The third-order valence-corrected chi connectivity index (χ3v) is 3.70. The highest BCUT2D eigenvalue weighted by Gasteiger charge is 2.27. The Morgan fingerprint density at radius 2 is 2.22 bits per heavy atom. The van der Waals surface area contributed by atoms with Gasteiger partial charge in [0.1, 0.15) is 6.04 Å². The third kappa shape index (κ3) is 4.94. The van der Waals surface area contributed by atoms with E-state index >= 15 is 0 Å². The minimum Gasteiger partial charge on any atom is -0.480 e. The summed E-state index contributed by atoms with van der Waals surface area (Å²) in [6.45, 7) is 7.09. The zero-order valence-corrected chi connectivity index (χ0v) is 11.8. The Kier molecular flexibility index (Phi) is 7.28. The highest BCUT2D eigenvalue weighted by molar-refractivity contribution is 5.73. The van der Waals surface area contributed by atoms with Crippen LogP contribution in [0.1, 0.15) is 52.4 Å². The van der Waals surface area contributed by atoms with Gasteiger partial charge in [-0.15, -0.1) is 0 Å². The summed E-state index contributed by atoms with van der Waals surface area (Å²) in [6, 6.07) is 0.185. The van der Waals surface area contributed by atoms with Crippen molar-refractivity contribution in [2.75, 3.05) is 19.6 Å². The molecular weight excluding hydrogens is 228 g/mol. The van der Waals surface area contributed by atoms with E-state index in [-0.39, 0.29) is 6.04 Å². The number of unbranched alkanes of at least 4 members (excludes halogenated alkanes) is 1. The first-order valence-electron chi connectivity index (χ1n) is 7.39. The average Bonchev–Trinajstić information content (AvgIpc) is 2.84. The van der Waals surface area contributed by atoms with E-state index in [2.05, 4.69) is 24.1 Å². The largest absolute Gasteiger partial charge is 0.480 e. The van der Waals surface area contributed by atoms with Crippen LogP contribution >= 0.6 is 0 Å². The molecule has 0 bridgehead atoms. The van der Waals surface area contributed by atoms with Gasteiger partial charge in [0.2, 0.25) is 0 Å². The fourth-order valence-corrected chi connectivity index (χ4v) is 2.67. The van der Waals surface area contributed by atoms with Gasteiger partial charge >= 0.3 is 5.97 Å². The molecule has 0 saturated carbocycles. The molecule has 0 aliphatic carbocycles. The molecule has 0 aromatic carbocycles. The minimum absolute atomic E-state index is 0.302. The lowest BCUT2D eigenvalue weighted by Gasteiger charge is -2.31. The number of rotatable bonds is 9. The van der Waals surface area contributed by atoms with Gasteiger partial charge in [0.05, 0.1) is 0 Å². The van der Waals surface area contributed by atoms with Crippen molar-refractivity contribution >= 4 is 5.97 Å². The maximum atomic E-state index is 11.4. The Morgan fingerprint density at radius 1 is 1.44 bits per heavy atom. The number of carboxylic acid groups (broad SMARTS) is 1. The first kappa shape index (κ1) is 15.4. The van der Waals surface area contributed by atoms with Crippen molar-refractivity contribution < 1.29 is 9.90 Å². The van der Waals surface area contributed by atoms with Crippen LogP contribution in [0.2, 0.25) is 0 Å². The number of nitrogens with one attached hydrogen (secondary N) is 1. The molecule has 0 aromatic heterocycles. The summed E-state index contributed by atoms with van der Waals surface area (Å²) in [5.41, 5.74) is 0. The van der Waals surface area contributed by atoms with Crippen LogP contribution in [0.4, 0.5) is 0 Å². The average molecular weight is 256 g/mol. The van der Waals surface area contributed by atoms with Crippen molar-refractivity contribution in [1.29, 1.82) is 0 Å². The molecule has 4 nitrogen and oxygen atoms in total. The van der Waals surface area contributed by atoms with Gasteiger partial charge in [0.25, 0.3) is 0 Å². The van der Waals surface area contributed by atoms with Gasteiger partial charge in [0.15, 0.2) is 0 Å². The molecule has 18 heavy (non-hydrogen) atoms. The van der Waals surface area contributed by atoms with Gasteiger partial charge in [-0.05, 0) is 38.8 Å². The van der Waals surface area contributed by atoms with Gasteiger partial charge in [0, 0.05) is 12.6 Å². The van der Waals surface area contributed by atoms with Crippen LogP contribution in [0.15, 0.2) is 0 Å². The quantitative estimate of drug-likeness (QED) is 0.663. The summed E-state index contributed by atoms with van der Waals surface area (Å²) in [5, 5.41) is 12.9. The van der Waals surface area contributed by atoms with E-state index in [0.29, 0.717) is 6.04 Å². The normalized spacial score (nSPS) is 21.4. The van der Waals surface area contributed by atoms with Gasteiger partial charge in [-0.2, -0.15) is 0 Å². The SMILES string of the molecule is CCCCN(CC1CCCN1)C(CCC)C(=O)O. The second-order valence-corrected chi connectivity index (χ2v) is 5.28. The standard InChI is InChI=1S/C14H28N2O2/c1-3-5-10-16(11-12-8-6-9-15-12)13(7-4-2)14(17)18/h12-13,15H,3-11H2,1-2H3,(H,17,18). The zero-order chi connectivity index (χ0) is 13.4. The predicted octanol–water partition coefficient (Wildman–Crippen LogP) is 2.09. The van der Waals surface area contributed by atoms with Crippen LogP contribution < -0.4 is 5.32 Å². The molecule has 0 spiro atoms. The number of carbonyl (C=O) groups is 1. The van der Waals surface area contributed by atoms with Gasteiger partial charge in [-0.1, -0.05) is 26.7 Å². The van der Waals surface area contributed by atoms with E-state index in [1.807, 2.05) is 0 Å². The van der Waals surface area contributed by atoms with Crippen molar-refractivity contribution in [2.24, 2.45) is 0 Å². The summed E-state index contributed by atoms with van der Waals surface area (Å²) in [5.74, 6) is -0.661. The minimum atomic E-state index is -0.661. The van der Waals surface area contributed by atoms with Gasteiger partial charge in [-0.25, -0.2) is 0 Å². The molecule has 0 aromatic rings. The molecular formula is C14H28N2O2. The molecule has 106 valence electrons. The maximum Gasteiger partial charge on any atom is 0.320 e. The smallest absolute Gasteiger partial charge is 0.320 e. The topological polar surface area (TPSA) is 52.6 Å². The highest BCUT2D eigenvalue weighted by Crippen LogP contribution is 2.14. The van der Waals surface area contributed by atoms with Crippen molar-refractivity contribution in [1.82, 2.24) is 10.2 Å². The Morgan fingerprint density at radius 3 is 2.72 bits per heavy atom. The Balaban J connectivity index is 2.57. The summed E-state index contributed by atoms with van der Waals surface area (Å²) < 4.78 is 0. The zero-order valence-electron chi connectivity index (χ0n) is 11.8. The predicted molar refractivity (Wildman–Crippen MR) is 73.8 cm³/mol. The van der Waals surface area contributed by atoms with Crippen LogP contribution in [0, 0.1) is 0 Å². The first-order chi connectivity index (χ1) is 8.69. The third-order valence-electron chi connectivity index (χ3n) is 3.70. The van der Waals surface area contributed by atoms with E-state index in [4.69, 9.17) is 0 Å². The fourth-order valence-electron chi connectivity index (χ4n) is 2.67. The van der Waals surface area contributed by atoms with Crippen LogP contribution in [0.5, 0.6) is 0 Å². The number of aliphatic carboxylic acids is 1.